The van der Waals surface area contributed by atoms with E-state index in [1.807, 2.05) is 0 Å². The fourth-order valence-corrected chi connectivity index (χ4v) is 21.7. The van der Waals surface area contributed by atoms with E-state index >= 15 is 4.79 Å². The van der Waals surface area contributed by atoms with E-state index in [9.17, 15) is 102 Å². The predicted molar refractivity (Wildman–Crippen MR) is 394 cm³/mol. The lowest BCUT2D eigenvalue weighted by Gasteiger charge is -2.71. The number of carbonyl (C=O) groups is 3. The largest absolute Gasteiger partial charge is 0.432 e. The van der Waals surface area contributed by atoms with Crippen molar-refractivity contribution in [2.45, 2.75) is 373 Å². The molecule has 0 aromatic rings. The minimum atomic E-state index is -2.11. The smallest absolute Gasteiger partial charge is 0.317 e. The van der Waals surface area contributed by atoms with Gasteiger partial charge in [0.15, 0.2) is 43.8 Å². The van der Waals surface area contributed by atoms with Crippen LogP contribution in [-0.2, 0) is 80.7 Å². The van der Waals surface area contributed by atoms with Crippen molar-refractivity contribution in [1.29, 1.82) is 0 Å². The van der Waals surface area contributed by atoms with Crippen molar-refractivity contribution >= 4 is 18.2 Å². The Morgan fingerprint density at radius 1 is 0.560 bits per heavy atom. The first-order valence-corrected chi connectivity index (χ1v) is 41.8. The lowest BCUT2D eigenvalue weighted by atomic mass is 9.33. The Morgan fingerprint density at radius 2 is 1.16 bits per heavy atom. The van der Waals surface area contributed by atoms with Crippen molar-refractivity contribution in [3.05, 3.63) is 18.3 Å². The highest BCUT2D eigenvalue weighted by Gasteiger charge is 2.73. The standard InChI is InChI=1S/C80H130NO35/c1-9-10-11-12-13-14-15-16-17-18-49(90)81-50-43(29-82)108-71(63(53(50)93)114-68-58(98)55(95)60(37(2)107-68)111-67-59(99)61(41(87)32-104-67)112-72-65(100)79(102,35-85)36-106-72)116-73(101)80-26-25-74(3,4)27-39(80)38-19-20-46-75(5)23-22-48(76(6,34-84)45(75)21-24-77(46,7)78(38,8)28-47(80)89)110-70-64(115-69-57(97)54(94)52(92)44(30-83)109-69)62(42(88)33-105-70)113-66-56(96)51(91)40(86)31-103-66/h19,33-34,37,39-48,50-72,82-83,85-89,91-100,102H,9-18,20-32,35-36H2,1-8H3,(H,81,90)/t37?,39?,40-,41+,42-,43?,44?,45+,46?,47?,48-,50+,51-,52-,53?,54-,55?,56?,57?,58-,59+,60+,61?,62-,63+,64?,65?,66-,67+,68+,69-,70-,71+,72+,75?,76+,77-,78+,79-,80+/m0/s1. The number of carbonyl (C=O) groups excluding carboxylic acids is 3. The number of ether oxygens (including phenoxy) is 14. The summed E-state index contributed by atoms with van der Waals surface area (Å²) in [6.07, 6.45) is -36.2. The monoisotopic (exact) mass is 1660 g/mol. The number of hydrogen-bond acceptors (Lipinski definition) is 35. The second-order valence-corrected chi connectivity index (χ2v) is 36.8. The lowest BCUT2D eigenvalue weighted by Crippen LogP contribution is -2.70. The van der Waals surface area contributed by atoms with Gasteiger partial charge in [0.05, 0.1) is 69.4 Å². The average molecular weight is 1670 g/mol. The number of amides is 1. The number of esters is 1. The lowest BCUT2D eigenvalue weighted by molar-refractivity contribution is -0.377. The van der Waals surface area contributed by atoms with Gasteiger partial charge in [0.25, 0.3) is 0 Å². The van der Waals surface area contributed by atoms with Gasteiger partial charge in [-0.15, -0.1) is 0 Å². The maximum absolute atomic E-state index is 16.2. The normalized spacial score (nSPS) is 50.2. The number of hydrogen-bond donors (Lipinski definition) is 19. The molecular formula is C80H130NO35. The first-order chi connectivity index (χ1) is 54.8. The minimum absolute atomic E-state index is 0.0389. The summed E-state index contributed by atoms with van der Waals surface area (Å²) in [6.45, 7) is 12.9. The molecule has 36 heteroatoms. The summed E-state index contributed by atoms with van der Waals surface area (Å²) in [6, 6.07) is -1.44. The van der Waals surface area contributed by atoms with Gasteiger partial charge in [-0.1, -0.05) is 111 Å². The van der Waals surface area contributed by atoms with Crippen LogP contribution in [0.3, 0.4) is 0 Å². The van der Waals surface area contributed by atoms with E-state index in [4.69, 9.17) is 66.3 Å². The molecule has 7 saturated heterocycles. The van der Waals surface area contributed by atoms with Crippen molar-refractivity contribution in [2.75, 3.05) is 39.6 Å². The molecule has 7 heterocycles. The molecule has 0 spiro atoms. The molecule has 12 rings (SSSR count). The van der Waals surface area contributed by atoms with Gasteiger partial charge in [0, 0.05) is 6.42 Å². The van der Waals surface area contributed by atoms with Crippen molar-refractivity contribution in [2.24, 2.45) is 50.2 Å². The average Bonchev–Trinajstić information content (AvgIpc) is 0.766. The highest BCUT2D eigenvalue weighted by Crippen LogP contribution is 2.76. The Bertz CT molecular complexity index is 3290. The first kappa shape index (κ1) is 92.3. The maximum Gasteiger partial charge on any atom is 0.317 e. The number of unbranched alkanes of at least 4 members (excludes halogenated alkanes) is 8. The summed E-state index contributed by atoms with van der Waals surface area (Å²) in [7, 11) is 0. The van der Waals surface area contributed by atoms with E-state index in [1.165, 1.54) is 13.3 Å². The van der Waals surface area contributed by atoms with Crippen molar-refractivity contribution in [3.8, 4) is 0 Å². The number of aldehydes is 1. The fourth-order valence-electron chi connectivity index (χ4n) is 21.7. The van der Waals surface area contributed by atoms with E-state index in [0.717, 1.165) is 63.4 Å². The number of aliphatic hydroxyl groups excluding tert-OH is 17. The molecule has 12 aliphatic rings. The van der Waals surface area contributed by atoms with Crippen LogP contribution in [0.25, 0.3) is 0 Å². The summed E-state index contributed by atoms with van der Waals surface area (Å²) in [5.41, 5.74) is -6.74. The van der Waals surface area contributed by atoms with Crippen molar-refractivity contribution in [3.63, 3.8) is 0 Å². The summed E-state index contributed by atoms with van der Waals surface area (Å²) in [5.74, 6) is -2.71. The van der Waals surface area contributed by atoms with E-state index in [0.29, 0.717) is 44.9 Å². The molecule has 11 fully saturated rings. The molecule has 0 aromatic heterocycles. The Balaban J connectivity index is 0.790. The van der Waals surface area contributed by atoms with Crippen LogP contribution >= 0.6 is 0 Å². The first-order valence-electron chi connectivity index (χ1n) is 41.8. The molecule has 4 saturated carbocycles. The molecule has 5 aliphatic carbocycles. The van der Waals surface area contributed by atoms with Crippen LogP contribution in [0.4, 0.5) is 0 Å². The maximum atomic E-state index is 16.2. The zero-order valence-corrected chi connectivity index (χ0v) is 67.5. The highest BCUT2D eigenvalue weighted by molar-refractivity contribution is 5.80. The molecule has 19 N–H and O–H groups in total. The summed E-state index contributed by atoms with van der Waals surface area (Å²) >= 11 is 0. The quantitative estimate of drug-likeness (QED) is 0.0120. The zero-order valence-electron chi connectivity index (χ0n) is 67.5. The van der Waals surface area contributed by atoms with Crippen LogP contribution in [0.1, 0.15) is 177 Å². The van der Waals surface area contributed by atoms with E-state index in [2.05, 4.69) is 52.9 Å². The van der Waals surface area contributed by atoms with Crippen molar-refractivity contribution < 1.29 is 173 Å². The van der Waals surface area contributed by atoms with Gasteiger partial charge in [-0.05, 0) is 111 Å². The van der Waals surface area contributed by atoms with Gasteiger partial charge in [0.2, 0.25) is 12.2 Å². The van der Waals surface area contributed by atoms with Gasteiger partial charge in [-0.2, -0.15) is 0 Å². The second kappa shape index (κ2) is 37.1. The van der Waals surface area contributed by atoms with Gasteiger partial charge in [-0.25, -0.2) is 0 Å². The van der Waals surface area contributed by atoms with E-state index in [-0.39, 0.29) is 31.6 Å². The van der Waals surface area contributed by atoms with Gasteiger partial charge in [-0.3, -0.25) is 9.59 Å². The molecule has 40 atom stereocenters. The Kier molecular flexibility index (Phi) is 29.5. The molecule has 0 aromatic carbocycles. The molecular weight excluding hydrogens is 1530 g/mol. The van der Waals surface area contributed by atoms with E-state index < -0.39 is 292 Å². The van der Waals surface area contributed by atoms with Crippen LogP contribution in [0.2, 0.25) is 0 Å². The molecule has 14 unspecified atom stereocenters. The summed E-state index contributed by atoms with van der Waals surface area (Å²) in [4.78, 5) is 44.4. The fraction of sp³-hybridized carbons (Fsp3) is 0.925. The summed E-state index contributed by atoms with van der Waals surface area (Å²) < 4.78 is 85.1. The molecule has 1 radical (unpaired) electrons. The molecule has 36 nitrogen and oxygen atoms in total. The van der Waals surface area contributed by atoms with Crippen LogP contribution < -0.4 is 5.32 Å². The minimum Gasteiger partial charge on any atom is -0.432 e. The van der Waals surface area contributed by atoms with Crippen LogP contribution in [-0.4, -0.2) is 346 Å². The SMILES string of the molecule is CCCCCCCCCCCC(=O)N[C@@H]1C(CO)O[C@H](OC(=O)[C@]23CCC(C)(C)CC2C2=CCC4C5(C)CC[C@H](O[C@@H]6O[CH][C@H](O)[C@H](O[C@@H]7OC[C@H](O)[C@H](O)C7O)C6O[C@@H]6OC(CO)[C@H](O)[C@H](O)C6O)[C@](C)(C=O)[C@@H]5CC[C@]4(C)[C@]2(C)CC3O)[C@H](O[C@H]2OC(C)[C@@H](O[C@H]3OC[C@@H](O)C(O[C@H]4OC[C@@](O)(CO)C4O)[C@H]3O)C(O)[C@@H]2O)C1O. The molecule has 116 heavy (non-hydrogen) atoms. The number of fused-ring (bicyclic) bond motifs is 7. The highest BCUT2D eigenvalue weighted by atomic mass is 16.8. The molecule has 1 amide bonds. The molecule has 665 valence electrons. The third-order valence-electron chi connectivity index (χ3n) is 29.0. The van der Waals surface area contributed by atoms with Gasteiger partial charge < -0.3 is 168 Å². The van der Waals surface area contributed by atoms with Crippen LogP contribution in [0, 0.1) is 56.9 Å². The molecule has 0 bridgehead atoms. The Morgan fingerprint density at radius 3 is 1.83 bits per heavy atom. The number of allylic oxidation sites excluding steroid dienone is 2. The molecule has 7 aliphatic heterocycles. The zero-order chi connectivity index (χ0) is 84.3. The Labute approximate surface area is 675 Å². The third-order valence-corrected chi connectivity index (χ3v) is 29.0. The van der Waals surface area contributed by atoms with Crippen LogP contribution in [0.15, 0.2) is 11.6 Å². The Hall–Kier alpha value is -2.89. The third kappa shape index (κ3) is 17.4. The van der Waals surface area contributed by atoms with E-state index in [1.54, 1.807) is 6.92 Å². The summed E-state index contributed by atoms with van der Waals surface area (Å²) in [5, 5.41) is 204. The topological polar surface area (TPSA) is 557 Å². The van der Waals surface area contributed by atoms with Crippen LogP contribution in [0.5, 0.6) is 0 Å². The van der Waals surface area contributed by atoms with Crippen molar-refractivity contribution in [1.82, 2.24) is 5.32 Å². The number of aliphatic hydroxyl groups is 18. The predicted octanol–water partition coefficient (Wildman–Crippen LogP) is -2.62. The van der Waals surface area contributed by atoms with Gasteiger partial charge in [0.1, 0.15) is 140 Å². The number of rotatable bonds is 29. The second-order valence-electron chi connectivity index (χ2n) is 36.8. The number of nitrogens with one attached hydrogen (secondary N) is 1. The van der Waals surface area contributed by atoms with Gasteiger partial charge >= 0.3 is 5.97 Å².